The molecule has 2 N–H and O–H groups in total. The third-order valence-electron chi connectivity index (χ3n) is 3.50. The summed E-state index contributed by atoms with van der Waals surface area (Å²) in [4.78, 5) is 26.1. The molecular weight excluding hydrogens is 272 g/mol. The van der Waals surface area contributed by atoms with Crippen LogP contribution in [-0.2, 0) is 9.59 Å². The highest BCUT2D eigenvalue weighted by molar-refractivity contribution is 7.80. The lowest BCUT2D eigenvalue weighted by Crippen LogP contribution is -2.31. The molecule has 4 nitrogen and oxygen atoms in total. The van der Waals surface area contributed by atoms with Gasteiger partial charge < -0.3 is 5.73 Å². The second-order valence-electron chi connectivity index (χ2n) is 4.97. The minimum absolute atomic E-state index is 0.0841. The zero-order chi connectivity index (χ0) is 14.5. The fourth-order valence-corrected chi connectivity index (χ4v) is 2.58. The van der Waals surface area contributed by atoms with Crippen LogP contribution in [0, 0.1) is 0 Å². The molecule has 106 valence electrons. The van der Waals surface area contributed by atoms with E-state index in [9.17, 15) is 9.59 Å². The molecule has 2 amide bonds. The number of benzene rings is 1. The second kappa shape index (κ2) is 6.61. The maximum absolute atomic E-state index is 12.3. The van der Waals surface area contributed by atoms with Crippen LogP contribution in [0.1, 0.15) is 37.2 Å². The maximum atomic E-state index is 12.3. The summed E-state index contributed by atoms with van der Waals surface area (Å²) in [6, 6.07) is 9.46. The zero-order valence-electron chi connectivity index (χ0n) is 11.2. The number of nitrogens with two attached hydrogens (primary N) is 1. The fraction of sp³-hybridized carbons (Fsp3) is 0.400. The smallest absolute Gasteiger partial charge is 0.237 e. The Morgan fingerprint density at radius 2 is 1.95 bits per heavy atom. The van der Waals surface area contributed by atoms with Gasteiger partial charge in [-0.15, -0.1) is 0 Å². The molecule has 1 fully saturated rings. The summed E-state index contributed by atoms with van der Waals surface area (Å²) in [6.07, 6.45) is 2.49. The summed E-state index contributed by atoms with van der Waals surface area (Å²) in [6.45, 7) is 0.462. The molecular formula is C15H18N2O2S. The van der Waals surface area contributed by atoms with Crippen LogP contribution in [-0.4, -0.2) is 28.2 Å². The Morgan fingerprint density at radius 1 is 1.25 bits per heavy atom. The molecule has 0 radical (unpaired) electrons. The minimum atomic E-state index is -0.320. The molecule has 0 saturated carbocycles. The molecule has 0 bridgehead atoms. The Balaban J connectivity index is 1.94. The first-order valence-corrected chi connectivity index (χ1v) is 7.18. The molecule has 0 aromatic heterocycles. The number of thiocarbonyl (C=S) groups is 1. The van der Waals surface area contributed by atoms with Gasteiger partial charge in [0.15, 0.2) is 0 Å². The minimum Gasteiger partial charge on any atom is -0.393 e. The van der Waals surface area contributed by atoms with Crippen molar-refractivity contribution in [2.24, 2.45) is 5.73 Å². The zero-order valence-corrected chi connectivity index (χ0v) is 12.1. The number of carbonyl (C=O) groups is 2. The molecule has 1 atom stereocenters. The van der Waals surface area contributed by atoms with Crippen molar-refractivity contribution in [3.05, 3.63) is 35.9 Å². The van der Waals surface area contributed by atoms with Crippen molar-refractivity contribution >= 4 is 29.0 Å². The molecule has 1 saturated heterocycles. The van der Waals surface area contributed by atoms with Crippen molar-refractivity contribution in [3.63, 3.8) is 0 Å². The summed E-state index contributed by atoms with van der Waals surface area (Å²) < 4.78 is 0. The van der Waals surface area contributed by atoms with E-state index in [1.54, 1.807) is 0 Å². The summed E-state index contributed by atoms with van der Waals surface area (Å²) in [7, 11) is 0. The van der Waals surface area contributed by atoms with E-state index in [4.69, 9.17) is 18.0 Å². The summed E-state index contributed by atoms with van der Waals surface area (Å²) >= 11 is 4.80. The molecule has 20 heavy (non-hydrogen) atoms. The maximum Gasteiger partial charge on any atom is 0.237 e. The number of rotatable bonds is 6. The number of unbranched alkanes of at least 4 members (excludes halogenated alkanes) is 1. The number of hydrogen-bond donors (Lipinski definition) is 1. The van der Waals surface area contributed by atoms with Crippen LogP contribution in [0.4, 0.5) is 0 Å². The van der Waals surface area contributed by atoms with Crippen molar-refractivity contribution in [3.8, 4) is 0 Å². The number of carbonyl (C=O) groups excluding carboxylic acids is 2. The van der Waals surface area contributed by atoms with Gasteiger partial charge in [-0.05, 0) is 24.8 Å². The quantitative estimate of drug-likeness (QED) is 0.494. The van der Waals surface area contributed by atoms with Crippen molar-refractivity contribution in [2.45, 2.75) is 31.6 Å². The highest BCUT2D eigenvalue weighted by atomic mass is 32.1. The van der Waals surface area contributed by atoms with Crippen LogP contribution in [0.25, 0.3) is 0 Å². The molecule has 1 aliphatic heterocycles. The van der Waals surface area contributed by atoms with E-state index in [0.717, 1.165) is 18.4 Å². The Bertz CT molecular complexity index is 516. The highest BCUT2D eigenvalue weighted by Gasteiger charge is 2.38. The SMILES string of the molecule is NC(=S)CCCCN1C(=O)CC(c2ccccc2)C1=O. The van der Waals surface area contributed by atoms with Gasteiger partial charge in [0.1, 0.15) is 0 Å². The topological polar surface area (TPSA) is 63.4 Å². The third-order valence-corrected chi connectivity index (χ3v) is 3.70. The summed E-state index contributed by atoms with van der Waals surface area (Å²) in [5.41, 5.74) is 6.34. The van der Waals surface area contributed by atoms with E-state index in [0.29, 0.717) is 18.0 Å². The largest absolute Gasteiger partial charge is 0.393 e. The van der Waals surface area contributed by atoms with Crippen molar-refractivity contribution < 1.29 is 9.59 Å². The van der Waals surface area contributed by atoms with Gasteiger partial charge in [-0.1, -0.05) is 42.5 Å². The molecule has 0 aliphatic carbocycles. The number of nitrogens with zero attached hydrogens (tertiary/aromatic N) is 1. The molecule has 1 unspecified atom stereocenters. The van der Waals surface area contributed by atoms with Crippen molar-refractivity contribution in [1.29, 1.82) is 0 Å². The lowest BCUT2D eigenvalue weighted by atomic mass is 9.98. The van der Waals surface area contributed by atoms with Crippen LogP contribution in [0.5, 0.6) is 0 Å². The van der Waals surface area contributed by atoms with E-state index in [-0.39, 0.29) is 24.2 Å². The predicted molar refractivity (Wildman–Crippen MR) is 81.2 cm³/mol. The first-order valence-electron chi connectivity index (χ1n) is 6.77. The van der Waals surface area contributed by atoms with Gasteiger partial charge in [-0.3, -0.25) is 14.5 Å². The molecule has 1 heterocycles. The fourth-order valence-electron chi connectivity index (χ4n) is 2.43. The van der Waals surface area contributed by atoms with Crippen LogP contribution in [0.3, 0.4) is 0 Å². The van der Waals surface area contributed by atoms with E-state index in [1.807, 2.05) is 30.3 Å². The molecule has 2 rings (SSSR count). The number of imide groups is 1. The Morgan fingerprint density at radius 3 is 2.60 bits per heavy atom. The molecule has 1 aromatic rings. The first-order chi connectivity index (χ1) is 9.59. The second-order valence-corrected chi connectivity index (χ2v) is 5.50. The molecule has 5 heteroatoms. The van der Waals surface area contributed by atoms with Crippen LogP contribution in [0.2, 0.25) is 0 Å². The number of hydrogen-bond acceptors (Lipinski definition) is 3. The molecule has 1 aliphatic rings. The van der Waals surface area contributed by atoms with Gasteiger partial charge in [-0.2, -0.15) is 0 Å². The van der Waals surface area contributed by atoms with Gasteiger partial charge in [0.2, 0.25) is 11.8 Å². The van der Waals surface area contributed by atoms with E-state index in [1.165, 1.54) is 4.90 Å². The Kier molecular flexibility index (Phi) is 4.84. The summed E-state index contributed by atoms with van der Waals surface area (Å²) in [5, 5.41) is 0. The lowest BCUT2D eigenvalue weighted by molar-refractivity contribution is -0.138. The monoisotopic (exact) mass is 290 g/mol. The van der Waals surface area contributed by atoms with Gasteiger partial charge in [0, 0.05) is 13.0 Å². The van der Waals surface area contributed by atoms with Crippen molar-refractivity contribution in [1.82, 2.24) is 4.90 Å². The van der Waals surface area contributed by atoms with E-state index in [2.05, 4.69) is 0 Å². The van der Waals surface area contributed by atoms with Crippen LogP contribution >= 0.6 is 12.2 Å². The van der Waals surface area contributed by atoms with Gasteiger partial charge in [0.25, 0.3) is 0 Å². The van der Waals surface area contributed by atoms with Gasteiger partial charge >= 0.3 is 0 Å². The molecule has 0 spiro atoms. The van der Waals surface area contributed by atoms with Gasteiger partial charge in [0.05, 0.1) is 10.9 Å². The number of likely N-dealkylation sites (tertiary alicyclic amines) is 1. The normalized spacial score (nSPS) is 18.6. The standard InChI is InChI=1S/C15H18N2O2S/c16-13(20)8-4-5-9-17-14(18)10-12(15(17)19)11-6-2-1-3-7-11/h1-3,6-7,12H,4-5,8-10H2,(H2,16,20). The lowest BCUT2D eigenvalue weighted by Gasteiger charge is -2.14. The Labute approximate surface area is 123 Å². The first kappa shape index (κ1) is 14.7. The van der Waals surface area contributed by atoms with Crippen molar-refractivity contribution in [2.75, 3.05) is 6.54 Å². The van der Waals surface area contributed by atoms with Crippen LogP contribution < -0.4 is 5.73 Å². The van der Waals surface area contributed by atoms with E-state index < -0.39 is 0 Å². The van der Waals surface area contributed by atoms with Crippen LogP contribution in [0.15, 0.2) is 30.3 Å². The average molecular weight is 290 g/mol. The number of amides is 2. The molecule has 1 aromatic carbocycles. The highest BCUT2D eigenvalue weighted by Crippen LogP contribution is 2.29. The predicted octanol–water partition coefficient (Wildman–Crippen LogP) is 1.99. The Hall–Kier alpha value is -1.75. The van der Waals surface area contributed by atoms with Gasteiger partial charge in [-0.25, -0.2) is 0 Å². The summed E-state index contributed by atoms with van der Waals surface area (Å²) in [5.74, 6) is -0.491. The van der Waals surface area contributed by atoms with E-state index >= 15 is 0 Å². The third kappa shape index (κ3) is 3.42. The average Bonchev–Trinajstić information content (AvgIpc) is 2.71.